The maximum atomic E-state index is 3.82. The van der Waals surface area contributed by atoms with Crippen LogP contribution in [0.25, 0.3) is 28.0 Å². The Bertz CT molecular complexity index is 708. The lowest BCUT2D eigenvalue weighted by Crippen LogP contribution is -1.80. The minimum Gasteiger partial charge on any atom is -0.0985 e. The molecule has 0 heteroatoms. The van der Waals surface area contributed by atoms with Crippen LogP contribution in [0, 0.1) is 0 Å². The van der Waals surface area contributed by atoms with E-state index in [4.69, 9.17) is 0 Å². The zero-order valence-corrected chi connectivity index (χ0v) is 10.1. The summed E-state index contributed by atoms with van der Waals surface area (Å²) in [6.45, 7) is 3.82. The third-order valence-electron chi connectivity index (χ3n) is 3.21. The van der Waals surface area contributed by atoms with Crippen molar-refractivity contribution in [2.75, 3.05) is 0 Å². The van der Waals surface area contributed by atoms with E-state index < -0.39 is 0 Å². The maximum absolute atomic E-state index is 3.82. The highest BCUT2D eigenvalue weighted by Gasteiger charge is 1.99. The molecule has 0 amide bonds. The van der Waals surface area contributed by atoms with Crippen LogP contribution >= 0.6 is 0 Å². The minimum atomic E-state index is 1.15. The van der Waals surface area contributed by atoms with Crippen molar-refractivity contribution < 1.29 is 0 Å². The molecule has 0 aliphatic heterocycles. The summed E-state index contributed by atoms with van der Waals surface area (Å²) in [6, 6.07) is 23.4. The lowest BCUT2D eigenvalue weighted by Gasteiger charge is -2.05. The highest BCUT2D eigenvalue weighted by molar-refractivity contribution is 5.87. The van der Waals surface area contributed by atoms with Crippen molar-refractivity contribution in [1.29, 1.82) is 0 Å². The summed E-state index contributed by atoms with van der Waals surface area (Å²) in [5.74, 6) is 0. The van der Waals surface area contributed by atoms with E-state index in [0.717, 1.165) is 5.56 Å². The molecule has 0 aromatic heterocycles. The first-order valence-corrected chi connectivity index (χ1v) is 6.08. The van der Waals surface area contributed by atoms with Crippen molar-refractivity contribution in [2.24, 2.45) is 0 Å². The third kappa shape index (κ3) is 1.93. The van der Waals surface area contributed by atoms with Gasteiger partial charge in [-0.1, -0.05) is 67.3 Å². The number of hydrogen-bond donors (Lipinski definition) is 0. The summed E-state index contributed by atoms with van der Waals surface area (Å²) in [5.41, 5.74) is 3.64. The molecule has 0 aliphatic rings. The Balaban J connectivity index is 2.15. The first kappa shape index (κ1) is 10.8. The molecule has 86 valence electrons. The van der Waals surface area contributed by atoms with E-state index in [1.54, 1.807) is 0 Å². The van der Waals surface area contributed by atoms with Crippen LogP contribution in [0.5, 0.6) is 0 Å². The molecule has 3 rings (SSSR count). The summed E-state index contributed by atoms with van der Waals surface area (Å²) >= 11 is 0. The van der Waals surface area contributed by atoms with Crippen LogP contribution in [0.1, 0.15) is 5.56 Å². The number of fused-ring (bicyclic) bond motifs is 1. The zero-order valence-electron chi connectivity index (χ0n) is 10.1. The number of rotatable bonds is 2. The SMILES string of the molecule is C=Cc1cccc(-c2ccc3ccccc3c2)c1. The van der Waals surface area contributed by atoms with Gasteiger partial charge in [-0.15, -0.1) is 0 Å². The average Bonchev–Trinajstić information content (AvgIpc) is 2.47. The molecule has 0 aliphatic carbocycles. The van der Waals surface area contributed by atoms with Gasteiger partial charge in [-0.2, -0.15) is 0 Å². The molecule has 0 N–H and O–H groups in total. The second kappa shape index (κ2) is 4.50. The molecule has 18 heavy (non-hydrogen) atoms. The molecule has 0 heterocycles. The Kier molecular flexibility index (Phi) is 2.70. The molecule has 3 aromatic carbocycles. The number of hydrogen-bond acceptors (Lipinski definition) is 0. The van der Waals surface area contributed by atoms with Gasteiger partial charge in [0.05, 0.1) is 0 Å². The normalized spacial score (nSPS) is 10.4. The molecule has 0 unspecified atom stereocenters. The number of benzene rings is 3. The Morgan fingerprint density at radius 3 is 2.28 bits per heavy atom. The second-order valence-corrected chi connectivity index (χ2v) is 4.39. The molecule has 3 aromatic rings. The topological polar surface area (TPSA) is 0 Å². The van der Waals surface area contributed by atoms with Crippen molar-refractivity contribution in [1.82, 2.24) is 0 Å². The fourth-order valence-corrected chi connectivity index (χ4v) is 2.21. The van der Waals surface area contributed by atoms with Gasteiger partial charge in [0.25, 0.3) is 0 Å². The largest absolute Gasteiger partial charge is 0.0985 e. The first-order valence-electron chi connectivity index (χ1n) is 6.08. The molecule has 0 nitrogen and oxygen atoms in total. The fourth-order valence-electron chi connectivity index (χ4n) is 2.21. The first-order chi connectivity index (χ1) is 8.86. The van der Waals surface area contributed by atoms with E-state index in [0.29, 0.717) is 0 Å². The van der Waals surface area contributed by atoms with Crippen LogP contribution in [0.3, 0.4) is 0 Å². The summed E-state index contributed by atoms with van der Waals surface area (Å²) in [7, 11) is 0. The quantitative estimate of drug-likeness (QED) is 0.571. The molecule has 0 saturated heterocycles. The van der Waals surface area contributed by atoms with Crippen LogP contribution in [0.2, 0.25) is 0 Å². The summed E-state index contributed by atoms with van der Waals surface area (Å²) in [6.07, 6.45) is 1.88. The molecule has 0 bridgehead atoms. The minimum absolute atomic E-state index is 1.15. The predicted octanol–water partition coefficient (Wildman–Crippen LogP) is 5.15. The Morgan fingerprint density at radius 2 is 1.44 bits per heavy atom. The van der Waals surface area contributed by atoms with Crippen LogP contribution in [-0.4, -0.2) is 0 Å². The summed E-state index contributed by atoms with van der Waals surface area (Å²) in [4.78, 5) is 0. The lowest BCUT2D eigenvalue weighted by molar-refractivity contribution is 1.62. The van der Waals surface area contributed by atoms with Gasteiger partial charge in [0.1, 0.15) is 0 Å². The lowest BCUT2D eigenvalue weighted by atomic mass is 10.00. The van der Waals surface area contributed by atoms with Crippen LogP contribution in [0.4, 0.5) is 0 Å². The van der Waals surface area contributed by atoms with Crippen molar-refractivity contribution in [3.63, 3.8) is 0 Å². The van der Waals surface area contributed by atoms with E-state index in [1.807, 2.05) is 6.08 Å². The van der Waals surface area contributed by atoms with Gasteiger partial charge in [-0.3, -0.25) is 0 Å². The predicted molar refractivity (Wildman–Crippen MR) is 79.5 cm³/mol. The monoisotopic (exact) mass is 230 g/mol. The molecule has 0 saturated carbocycles. The molecule has 0 spiro atoms. The van der Waals surface area contributed by atoms with E-state index in [-0.39, 0.29) is 0 Å². The zero-order chi connectivity index (χ0) is 12.4. The van der Waals surface area contributed by atoms with E-state index in [9.17, 15) is 0 Å². The van der Waals surface area contributed by atoms with Crippen LogP contribution in [-0.2, 0) is 0 Å². The Hall–Kier alpha value is -2.34. The van der Waals surface area contributed by atoms with Crippen molar-refractivity contribution in [3.05, 3.63) is 78.9 Å². The molecule has 0 radical (unpaired) electrons. The standard InChI is InChI=1S/C18H14/c1-2-14-6-5-9-16(12-14)18-11-10-15-7-3-4-8-17(15)13-18/h2-13H,1H2. The van der Waals surface area contributed by atoms with Gasteiger partial charge in [-0.25, -0.2) is 0 Å². The second-order valence-electron chi connectivity index (χ2n) is 4.39. The van der Waals surface area contributed by atoms with Gasteiger partial charge < -0.3 is 0 Å². The smallest absolute Gasteiger partial charge is 0.0177 e. The van der Waals surface area contributed by atoms with Gasteiger partial charge in [0.15, 0.2) is 0 Å². The summed E-state index contributed by atoms with van der Waals surface area (Å²) < 4.78 is 0. The van der Waals surface area contributed by atoms with Crippen LogP contribution in [0.15, 0.2) is 73.3 Å². The molecular weight excluding hydrogens is 216 g/mol. The highest BCUT2D eigenvalue weighted by Crippen LogP contribution is 2.25. The van der Waals surface area contributed by atoms with Crippen molar-refractivity contribution >= 4 is 16.8 Å². The Labute approximate surface area is 107 Å². The van der Waals surface area contributed by atoms with Gasteiger partial charge in [-0.05, 0) is 39.6 Å². The molecule has 0 fully saturated rings. The van der Waals surface area contributed by atoms with Gasteiger partial charge in [0, 0.05) is 0 Å². The summed E-state index contributed by atoms with van der Waals surface area (Å²) in [5, 5.41) is 2.56. The highest BCUT2D eigenvalue weighted by atomic mass is 14.0. The van der Waals surface area contributed by atoms with Gasteiger partial charge >= 0.3 is 0 Å². The Morgan fingerprint density at radius 1 is 0.667 bits per heavy atom. The van der Waals surface area contributed by atoms with Crippen molar-refractivity contribution in [3.8, 4) is 11.1 Å². The molecule has 0 atom stereocenters. The van der Waals surface area contributed by atoms with Crippen LogP contribution < -0.4 is 0 Å². The van der Waals surface area contributed by atoms with E-state index in [1.165, 1.54) is 21.9 Å². The third-order valence-corrected chi connectivity index (χ3v) is 3.21. The van der Waals surface area contributed by atoms with Gasteiger partial charge in [0.2, 0.25) is 0 Å². The van der Waals surface area contributed by atoms with Crippen molar-refractivity contribution in [2.45, 2.75) is 0 Å². The maximum Gasteiger partial charge on any atom is -0.0177 e. The van der Waals surface area contributed by atoms with E-state index in [2.05, 4.69) is 73.3 Å². The fraction of sp³-hybridized carbons (Fsp3) is 0. The van der Waals surface area contributed by atoms with E-state index >= 15 is 0 Å². The average molecular weight is 230 g/mol. The molecular formula is C18H14.